The van der Waals surface area contributed by atoms with E-state index in [4.69, 9.17) is 0 Å². The highest BCUT2D eigenvalue weighted by atomic mass is 14.0. The summed E-state index contributed by atoms with van der Waals surface area (Å²) in [6.07, 6.45) is 24.2. The molecule has 0 aliphatic heterocycles. The third-order valence-corrected chi connectivity index (χ3v) is 5.79. The second kappa shape index (κ2) is 13.0. The molecule has 0 unspecified atom stereocenters. The SMILES string of the molecule is C1=CCCCCCCc2ccc(cc2)/C=C\c2ccc(cc2)CCCCCCC=1. The van der Waals surface area contributed by atoms with Crippen molar-refractivity contribution in [3.63, 3.8) is 0 Å². The Morgan fingerprint density at radius 3 is 1.31 bits per heavy atom. The first-order valence-electron chi connectivity index (χ1n) is 11.7. The summed E-state index contributed by atoms with van der Waals surface area (Å²) in [5, 5.41) is 0. The van der Waals surface area contributed by atoms with Gasteiger partial charge in [-0.2, -0.15) is 0 Å². The maximum absolute atomic E-state index is 3.38. The van der Waals surface area contributed by atoms with E-state index in [9.17, 15) is 0 Å². The van der Waals surface area contributed by atoms with E-state index in [1.807, 2.05) is 0 Å². The lowest BCUT2D eigenvalue weighted by Gasteiger charge is -2.03. The summed E-state index contributed by atoms with van der Waals surface area (Å²) in [5.41, 5.74) is 8.86. The highest BCUT2D eigenvalue weighted by molar-refractivity contribution is 5.69. The number of rotatable bonds is 0. The van der Waals surface area contributed by atoms with Crippen LogP contribution in [-0.2, 0) is 12.8 Å². The molecule has 152 valence electrons. The van der Waals surface area contributed by atoms with Crippen molar-refractivity contribution < 1.29 is 0 Å². The van der Waals surface area contributed by atoms with Gasteiger partial charge in [0.1, 0.15) is 0 Å². The number of hydrogen-bond acceptors (Lipinski definition) is 0. The maximum Gasteiger partial charge on any atom is -0.0256 e. The van der Waals surface area contributed by atoms with Crippen molar-refractivity contribution in [1.82, 2.24) is 0 Å². The van der Waals surface area contributed by atoms with Gasteiger partial charge in [0.2, 0.25) is 0 Å². The van der Waals surface area contributed by atoms with E-state index < -0.39 is 0 Å². The normalized spacial score (nSPS) is 18.2. The van der Waals surface area contributed by atoms with Gasteiger partial charge in [0.15, 0.2) is 0 Å². The molecule has 0 spiro atoms. The summed E-state index contributed by atoms with van der Waals surface area (Å²) in [6, 6.07) is 18.2. The quantitative estimate of drug-likeness (QED) is 0.399. The Balaban J connectivity index is 1.58. The summed E-state index contributed by atoms with van der Waals surface area (Å²) in [4.78, 5) is 0. The average molecular weight is 385 g/mol. The standard InChI is InChI=1S/C29H36/c1-2-4-6-8-10-12-14-26-16-20-28(21-17-26)24-25-29-22-18-27(19-23-29)15-13-11-9-7-5-3-1/h2-3,16-25H,4-15H2/b25-24-. The van der Waals surface area contributed by atoms with Crippen LogP contribution < -0.4 is 0 Å². The first kappa shape index (κ1) is 21.4. The lowest BCUT2D eigenvalue weighted by atomic mass is 10.0. The number of allylic oxidation sites excluding steroid dienone is 1. The minimum absolute atomic E-state index is 1.18. The van der Waals surface area contributed by atoms with Crippen molar-refractivity contribution in [3.05, 3.63) is 88.7 Å². The van der Waals surface area contributed by atoms with Crippen molar-refractivity contribution >= 4 is 12.2 Å². The van der Waals surface area contributed by atoms with Gasteiger partial charge < -0.3 is 0 Å². The molecule has 4 bridgehead atoms. The molecule has 0 radical (unpaired) electrons. The van der Waals surface area contributed by atoms with Crippen LogP contribution in [0.3, 0.4) is 0 Å². The van der Waals surface area contributed by atoms with Crippen LogP contribution in [-0.4, -0.2) is 0 Å². The molecular weight excluding hydrogens is 348 g/mol. The Bertz CT molecular complexity index is 717. The topological polar surface area (TPSA) is 0 Å². The number of aryl methyl sites for hydroxylation is 2. The molecule has 0 nitrogen and oxygen atoms in total. The van der Waals surface area contributed by atoms with E-state index >= 15 is 0 Å². The molecule has 2 aromatic rings. The smallest absolute Gasteiger partial charge is 0.0256 e. The molecule has 0 fully saturated rings. The van der Waals surface area contributed by atoms with Crippen molar-refractivity contribution in [3.8, 4) is 0 Å². The van der Waals surface area contributed by atoms with E-state index in [2.05, 4.69) is 78.6 Å². The monoisotopic (exact) mass is 384 g/mol. The van der Waals surface area contributed by atoms with Gasteiger partial charge in [0.05, 0.1) is 0 Å². The molecule has 3 aliphatic carbocycles. The molecule has 5 rings (SSSR count). The fraction of sp³-hybridized carbons (Fsp3) is 0.414. The van der Waals surface area contributed by atoms with E-state index in [1.165, 1.54) is 99.3 Å². The van der Waals surface area contributed by atoms with Crippen LogP contribution in [0.1, 0.15) is 86.5 Å². The van der Waals surface area contributed by atoms with Gasteiger partial charge >= 0.3 is 0 Å². The average Bonchev–Trinajstić information content (AvgIpc) is 2.76. The van der Waals surface area contributed by atoms with Gasteiger partial charge in [-0.15, -0.1) is 5.73 Å². The van der Waals surface area contributed by atoms with Crippen molar-refractivity contribution in [2.24, 2.45) is 0 Å². The first-order valence-corrected chi connectivity index (χ1v) is 11.7. The molecule has 0 N–H and O–H groups in total. The van der Waals surface area contributed by atoms with Crippen LogP contribution in [0.15, 0.2) is 66.4 Å². The fourth-order valence-corrected chi connectivity index (χ4v) is 3.89. The van der Waals surface area contributed by atoms with E-state index in [1.54, 1.807) is 0 Å². The zero-order valence-electron chi connectivity index (χ0n) is 17.9. The molecule has 0 heteroatoms. The van der Waals surface area contributed by atoms with Gasteiger partial charge in [0, 0.05) is 0 Å². The lowest BCUT2D eigenvalue weighted by Crippen LogP contribution is -1.87. The molecule has 0 aromatic heterocycles. The van der Waals surface area contributed by atoms with Crippen molar-refractivity contribution in [2.75, 3.05) is 0 Å². The molecule has 0 amide bonds. The number of fused-ring (bicyclic) bond motifs is 2. The Kier molecular flexibility index (Phi) is 9.61. The predicted octanol–water partition coefficient (Wildman–Crippen LogP) is 8.57. The summed E-state index contributed by atoms with van der Waals surface area (Å²) < 4.78 is 0. The second-order valence-corrected chi connectivity index (χ2v) is 8.30. The van der Waals surface area contributed by atoms with Gasteiger partial charge in [-0.3, -0.25) is 0 Å². The van der Waals surface area contributed by atoms with Crippen LogP contribution in [0, 0.1) is 0 Å². The zero-order chi connectivity index (χ0) is 20.0. The molecule has 0 atom stereocenters. The zero-order valence-corrected chi connectivity index (χ0v) is 17.9. The largest absolute Gasteiger partial charge is 0.130 e. The predicted molar refractivity (Wildman–Crippen MR) is 128 cm³/mol. The Morgan fingerprint density at radius 1 is 0.448 bits per heavy atom. The highest BCUT2D eigenvalue weighted by Crippen LogP contribution is 2.15. The Hall–Kier alpha value is -2.30. The van der Waals surface area contributed by atoms with Gasteiger partial charge in [-0.25, -0.2) is 0 Å². The van der Waals surface area contributed by atoms with E-state index in [-0.39, 0.29) is 0 Å². The fourth-order valence-electron chi connectivity index (χ4n) is 3.89. The number of benzene rings is 2. The van der Waals surface area contributed by atoms with Crippen LogP contribution in [0.25, 0.3) is 12.2 Å². The molecule has 0 heterocycles. The van der Waals surface area contributed by atoms with Crippen LogP contribution in [0.2, 0.25) is 0 Å². The summed E-state index contributed by atoms with van der Waals surface area (Å²) in [5.74, 6) is 0. The molecule has 0 saturated heterocycles. The Morgan fingerprint density at radius 2 is 0.862 bits per heavy atom. The van der Waals surface area contributed by atoms with Crippen molar-refractivity contribution in [1.29, 1.82) is 0 Å². The lowest BCUT2D eigenvalue weighted by molar-refractivity contribution is 0.644. The third-order valence-electron chi connectivity index (χ3n) is 5.79. The van der Waals surface area contributed by atoms with Gasteiger partial charge in [-0.1, -0.05) is 86.4 Å². The molecule has 2 aromatic carbocycles. The molecule has 3 aliphatic rings. The summed E-state index contributed by atoms with van der Waals surface area (Å²) >= 11 is 0. The Labute approximate surface area is 178 Å². The summed E-state index contributed by atoms with van der Waals surface area (Å²) in [6.45, 7) is 0. The second-order valence-electron chi connectivity index (χ2n) is 8.30. The minimum Gasteiger partial charge on any atom is -0.130 e. The maximum atomic E-state index is 3.38. The molecular formula is C29H36. The van der Waals surface area contributed by atoms with E-state index in [0.717, 1.165) is 0 Å². The minimum atomic E-state index is 1.18. The molecule has 29 heavy (non-hydrogen) atoms. The van der Waals surface area contributed by atoms with E-state index in [0.29, 0.717) is 0 Å². The van der Waals surface area contributed by atoms with Crippen molar-refractivity contribution in [2.45, 2.75) is 77.0 Å². The number of hydrogen-bond donors (Lipinski definition) is 0. The third kappa shape index (κ3) is 8.71. The summed E-state index contributed by atoms with van der Waals surface area (Å²) in [7, 11) is 0. The molecule has 0 saturated carbocycles. The van der Waals surface area contributed by atoms with Crippen LogP contribution in [0.5, 0.6) is 0 Å². The highest BCUT2D eigenvalue weighted by Gasteiger charge is 1.97. The van der Waals surface area contributed by atoms with Crippen LogP contribution in [0.4, 0.5) is 0 Å². The van der Waals surface area contributed by atoms with Gasteiger partial charge in [0.25, 0.3) is 0 Å². The van der Waals surface area contributed by atoms with Gasteiger partial charge in [-0.05, 0) is 85.8 Å². The first-order chi connectivity index (χ1) is 14.4. The van der Waals surface area contributed by atoms with Crippen LogP contribution >= 0.6 is 0 Å².